The fraction of sp³-hybridized carbons (Fsp3) is 0.786. The molecule has 0 radical (unpaired) electrons. The van der Waals surface area contributed by atoms with Crippen LogP contribution >= 0.6 is 0 Å². The van der Waals surface area contributed by atoms with Gasteiger partial charge in [0.2, 0.25) is 5.91 Å². The monoisotopic (exact) mass is 225 g/mol. The SMILES string of the molecule is C=CCC(=O)N(CCCCC)CCCCC. The van der Waals surface area contributed by atoms with Gasteiger partial charge in [0, 0.05) is 19.5 Å². The topological polar surface area (TPSA) is 20.3 Å². The number of carbonyl (C=O) groups is 1. The second kappa shape index (κ2) is 10.7. The molecule has 0 aliphatic heterocycles. The molecule has 1 amide bonds. The Morgan fingerprint density at radius 2 is 1.56 bits per heavy atom. The molecule has 0 spiro atoms. The van der Waals surface area contributed by atoms with Crippen molar-refractivity contribution in [2.75, 3.05) is 13.1 Å². The Bertz CT molecular complexity index is 179. The van der Waals surface area contributed by atoms with Crippen LogP contribution in [0.4, 0.5) is 0 Å². The van der Waals surface area contributed by atoms with Gasteiger partial charge in [0.1, 0.15) is 0 Å². The molecule has 94 valence electrons. The molecular formula is C14H27NO. The first-order valence-corrected chi connectivity index (χ1v) is 6.64. The molecule has 0 atom stereocenters. The summed E-state index contributed by atoms with van der Waals surface area (Å²) in [5, 5.41) is 0. The molecular weight excluding hydrogens is 198 g/mol. The lowest BCUT2D eigenvalue weighted by Gasteiger charge is -2.22. The highest BCUT2D eigenvalue weighted by molar-refractivity contribution is 5.77. The molecule has 16 heavy (non-hydrogen) atoms. The molecule has 0 aromatic rings. The number of hydrogen-bond acceptors (Lipinski definition) is 1. The average Bonchev–Trinajstić information content (AvgIpc) is 2.28. The van der Waals surface area contributed by atoms with Gasteiger partial charge in [-0.3, -0.25) is 4.79 Å². The van der Waals surface area contributed by atoms with Gasteiger partial charge >= 0.3 is 0 Å². The van der Waals surface area contributed by atoms with Crippen molar-refractivity contribution in [2.24, 2.45) is 0 Å². The van der Waals surface area contributed by atoms with E-state index in [-0.39, 0.29) is 5.91 Å². The van der Waals surface area contributed by atoms with Gasteiger partial charge in [0.15, 0.2) is 0 Å². The summed E-state index contributed by atoms with van der Waals surface area (Å²) in [4.78, 5) is 13.8. The van der Waals surface area contributed by atoms with Gasteiger partial charge in [-0.05, 0) is 12.8 Å². The highest BCUT2D eigenvalue weighted by Gasteiger charge is 2.10. The van der Waals surface area contributed by atoms with Crippen molar-refractivity contribution < 1.29 is 4.79 Å². The van der Waals surface area contributed by atoms with Crippen molar-refractivity contribution in [1.82, 2.24) is 4.90 Å². The summed E-state index contributed by atoms with van der Waals surface area (Å²) in [5.41, 5.74) is 0. The van der Waals surface area contributed by atoms with Crippen LogP contribution < -0.4 is 0 Å². The Hall–Kier alpha value is -0.790. The van der Waals surface area contributed by atoms with E-state index < -0.39 is 0 Å². The summed E-state index contributed by atoms with van der Waals surface area (Å²) in [6, 6.07) is 0. The van der Waals surface area contributed by atoms with E-state index in [1.54, 1.807) is 6.08 Å². The molecule has 0 unspecified atom stereocenters. The second-order valence-corrected chi connectivity index (χ2v) is 4.29. The zero-order valence-electron chi connectivity index (χ0n) is 11.0. The lowest BCUT2D eigenvalue weighted by molar-refractivity contribution is -0.130. The highest BCUT2D eigenvalue weighted by atomic mass is 16.2. The van der Waals surface area contributed by atoms with Crippen LogP contribution in [0.5, 0.6) is 0 Å². The molecule has 0 saturated heterocycles. The van der Waals surface area contributed by atoms with E-state index in [4.69, 9.17) is 0 Å². The Morgan fingerprint density at radius 1 is 1.06 bits per heavy atom. The standard InChI is InChI=1S/C14H27NO/c1-4-7-9-12-15(13-10-8-5-2)14(16)11-6-3/h6H,3-5,7-13H2,1-2H3. The van der Waals surface area contributed by atoms with Crippen LogP contribution in [0.25, 0.3) is 0 Å². The van der Waals surface area contributed by atoms with E-state index in [1.807, 2.05) is 4.90 Å². The molecule has 0 bridgehead atoms. The van der Waals surface area contributed by atoms with Crippen LogP contribution in [0.15, 0.2) is 12.7 Å². The molecule has 0 heterocycles. The van der Waals surface area contributed by atoms with Crippen LogP contribution in [-0.4, -0.2) is 23.9 Å². The van der Waals surface area contributed by atoms with Gasteiger partial charge in [-0.15, -0.1) is 6.58 Å². The third-order valence-electron chi connectivity index (χ3n) is 2.73. The summed E-state index contributed by atoms with van der Waals surface area (Å²) in [6.07, 6.45) is 9.29. The Balaban J connectivity index is 3.93. The Morgan fingerprint density at radius 3 is 1.94 bits per heavy atom. The Labute approximate surface area is 101 Å². The van der Waals surface area contributed by atoms with Crippen molar-refractivity contribution in [3.63, 3.8) is 0 Å². The minimum Gasteiger partial charge on any atom is -0.342 e. The van der Waals surface area contributed by atoms with Crippen LogP contribution in [0.1, 0.15) is 58.8 Å². The highest BCUT2D eigenvalue weighted by Crippen LogP contribution is 2.05. The molecule has 2 nitrogen and oxygen atoms in total. The Kier molecular flexibility index (Phi) is 10.2. The molecule has 0 aliphatic rings. The summed E-state index contributed by atoms with van der Waals surface area (Å²) in [5.74, 6) is 0.238. The zero-order valence-corrected chi connectivity index (χ0v) is 11.0. The largest absolute Gasteiger partial charge is 0.342 e. The predicted octanol–water partition coefficient (Wildman–Crippen LogP) is 3.77. The average molecular weight is 225 g/mol. The summed E-state index contributed by atoms with van der Waals surface area (Å²) >= 11 is 0. The number of nitrogens with zero attached hydrogens (tertiary/aromatic N) is 1. The third-order valence-corrected chi connectivity index (χ3v) is 2.73. The van der Waals surface area contributed by atoms with Crippen molar-refractivity contribution in [3.8, 4) is 0 Å². The second-order valence-electron chi connectivity index (χ2n) is 4.29. The molecule has 0 rings (SSSR count). The first-order valence-electron chi connectivity index (χ1n) is 6.64. The number of rotatable bonds is 10. The lowest BCUT2D eigenvalue weighted by atomic mass is 10.2. The van der Waals surface area contributed by atoms with E-state index in [0.717, 1.165) is 25.9 Å². The number of hydrogen-bond donors (Lipinski definition) is 0. The maximum Gasteiger partial charge on any atom is 0.226 e. The number of amides is 1. The quantitative estimate of drug-likeness (QED) is 0.409. The molecule has 0 aliphatic carbocycles. The maximum absolute atomic E-state index is 11.8. The fourth-order valence-corrected chi connectivity index (χ4v) is 1.72. The minimum atomic E-state index is 0.238. The summed E-state index contributed by atoms with van der Waals surface area (Å²) in [6.45, 7) is 9.85. The first kappa shape index (κ1) is 15.2. The first-order chi connectivity index (χ1) is 7.76. The molecule has 0 aromatic carbocycles. The van der Waals surface area contributed by atoms with Gasteiger partial charge in [0.05, 0.1) is 0 Å². The van der Waals surface area contributed by atoms with Crippen LogP contribution in [0.2, 0.25) is 0 Å². The van der Waals surface area contributed by atoms with Gasteiger partial charge in [-0.2, -0.15) is 0 Å². The van der Waals surface area contributed by atoms with Gasteiger partial charge in [0.25, 0.3) is 0 Å². The third kappa shape index (κ3) is 7.49. The molecule has 0 fully saturated rings. The van der Waals surface area contributed by atoms with E-state index in [1.165, 1.54) is 25.7 Å². The fourth-order valence-electron chi connectivity index (χ4n) is 1.72. The van der Waals surface area contributed by atoms with Gasteiger partial charge in [-0.25, -0.2) is 0 Å². The van der Waals surface area contributed by atoms with Crippen molar-refractivity contribution >= 4 is 5.91 Å². The molecule has 0 N–H and O–H groups in total. The predicted molar refractivity (Wildman–Crippen MR) is 70.4 cm³/mol. The van der Waals surface area contributed by atoms with Crippen LogP contribution in [0, 0.1) is 0 Å². The maximum atomic E-state index is 11.8. The lowest BCUT2D eigenvalue weighted by Crippen LogP contribution is -2.32. The number of carbonyl (C=O) groups excluding carboxylic acids is 1. The normalized spacial score (nSPS) is 10.1. The minimum absolute atomic E-state index is 0.238. The molecule has 2 heteroatoms. The summed E-state index contributed by atoms with van der Waals surface area (Å²) in [7, 11) is 0. The van der Waals surface area contributed by atoms with E-state index in [2.05, 4.69) is 20.4 Å². The number of unbranched alkanes of at least 4 members (excludes halogenated alkanes) is 4. The van der Waals surface area contributed by atoms with Gasteiger partial charge < -0.3 is 4.90 Å². The van der Waals surface area contributed by atoms with E-state index >= 15 is 0 Å². The van der Waals surface area contributed by atoms with Gasteiger partial charge in [-0.1, -0.05) is 45.6 Å². The summed E-state index contributed by atoms with van der Waals surface area (Å²) < 4.78 is 0. The van der Waals surface area contributed by atoms with E-state index in [9.17, 15) is 4.79 Å². The van der Waals surface area contributed by atoms with E-state index in [0.29, 0.717) is 6.42 Å². The van der Waals surface area contributed by atoms with Crippen molar-refractivity contribution in [3.05, 3.63) is 12.7 Å². The smallest absolute Gasteiger partial charge is 0.226 e. The zero-order chi connectivity index (χ0) is 12.2. The van der Waals surface area contributed by atoms with Crippen LogP contribution in [-0.2, 0) is 4.79 Å². The van der Waals surface area contributed by atoms with Crippen LogP contribution in [0.3, 0.4) is 0 Å². The van der Waals surface area contributed by atoms with Crippen molar-refractivity contribution in [1.29, 1.82) is 0 Å². The molecule has 0 saturated carbocycles. The van der Waals surface area contributed by atoms with Crippen molar-refractivity contribution in [2.45, 2.75) is 58.8 Å². The molecule has 0 aromatic heterocycles.